The smallest absolute Gasteiger partial charge is 0.157 e. The van der Waals surface area contributed by atoms with E-state index < -0.39 is 0 Å². The van der Waals surface area contributed by atoms with Gasteiger partial charge in [0.2, 0.25) is 0 Å². The Hall–Kier alpha value is -0.180. The minimum atomic E-state index is 0.516. The van der Waals surface area contributed by atoms with E-state index in [1.54, 1.807) is 0 Å². The Bertz CT molecular complexity index is 224. The van der Waals surface area contributed by atoms with Crippen molar-refractivity contribution in [1.29, 1.82) is 0 Å². The second-order valence-electron chi connectivity index (χ2n) is 5.06. The maximum atomic E-state index is 4.77. The summed E-state index contributed by atoms with van der Waals surface area (Å²) >= 11 is 1.87. The molecule has 1 rings (SSSR count). The molecule has 3 heteroatoms. The summed E-state index contributed by atoms with van der Waals surface area (Å²) in [5, 5.41) is 4.67. The lowest BCUT2D eigenvalue weighted by Gasteiger charge is -2.26. The van der Waals surface area contributed by atoms with Gasteiger partial charge >= 0.3 is 0 Å². The largest absolute Gasteiger partial charge is 0.362 e. The third-order valence-electron chi connectivity index (χ3n) is 3.06. The van der Waals surface area contributed by atoms with Gasteiger partial charge in [0.1, 0.15) is 0 Å². The van der Waals surface area contributed by atoms with E-state index in [1.165, 1.54) is 12.2 Å². The van der Waals surface area contributed by atoms with Crippen molar-refractivity contribution in [2.24, 2.45) is 16.8 Å². The maximum absolute atomic E-state index is 4.77. The molecule has 1 heterocycles. The third kappa shape index (κ3) is 4.06. The number of rotatable bonds is 3. The summed E-state index contributed by atoms with van der Waals surface area (Å²) in [6, 6.07) is 1.04. The fourth-order valence-corrected chi connectivity index (χ4v) is 2.48. The van der Waals surface area contributed by atoms with E-state index in [1.807, 2.05) is 11.8 Å². The molecule has 2 unspecified atom stereocenters. The summed E-state index contributed by atoms with van der Waals surface area (Å²) in [6.07, 6.45) is 1.23. The molecule has 1 aliphatic rings. The van der Waals surface area contributed by atoms with E-state index in [4.69, 9.17) is 4.99 Å². The van der Waals surface area contributed by atoms with Crippen LogP contribution in [0.15, 0.2) is 4.99 Å². The molecule has 1 aliphatic heterocycles. The second kappa shape index (κ2) is 5.78. The van der Waals surface area contributed by atoms with Crippen LogP contribution in [0.5, 0.6) is 0 Å². The normalized spacial score (nSPS) is 24.2. The highest BCUT2D eigenvalue weighted by molar-refractivity contribution is 8.13. The molecule has 0 aromatic heterocycles. The standard InChI is InChI=1S/C12H24N2S/c1-8(2)10(5)13-12-14-11(9(3)4)6-7-15-12/h8-11H,6-7H2,1-5H3,(H,13,14). The fraction of sp³-hybridized carbons (Fsp3) is 0.917. The van der Waals surface area contributed by atoms with Crippen molar-refractivity contribution in [1.82, 2.24) is 5.32 Å². The van der Waals surface area contributed by atoms with E-state index in [0.717, 1.165) is 5.17 Å². The van der Waals surface area contributed by atoms with Gasteiger partial charge in [-0.05, 0) is 25.2 Å². The quantitative estimate of drug-likeness (QED) is 0.802. The van der Waals surface area contributed by atoms with Gasteiger partial charge in [0.05, 0.1) is 6.04 Å². The topological polar surface area (TPSA) is 24.4 Å². The molecule has 0 fully saturated rings. The first kappa shape index (κ1) is 12.9. The zero-order valence-electron chi connectivity index (χ0n) is 10.6. The fourth-order valence-electron chi connectivity index (χ4n) is 1.45. The second-order valence-corrected chi connectivity index (χ2v) is 6.14. The summed E-state index contributed by atoms with van der Waals surface area (Å²) in [5.41, 5.74) is 0. The molecule has 1 N–H and O–H groups in total. The number of nitrogens with one attached hydrogen (secondary N) is 1. The van der Waals surface area contributed by atoms with Crippen molar-refractivity contribution in [3.63, 3.8) is 0 Å². The molecular weight excluding hydrogens is 204 g/mol. The molecular formula is C12H24N2S. The first-order chi connectivity index (χ1) is 7.00. The van der Waals surface area contributed by atoms with Crippen LogP contribution in [-0.2, 0) is 0 Å². The van der Waals surface area contributed by atoms with Crippen molar-refractivity contribution in [3.8, 4) is 0 Å². The van der Waals surface area contributed by atoms with Crippen LogP contribution in [0.1, 0.15) is 41.0 Å². The van der Waals surface area contributed by atoms with Crippen molar-refractivity contribution in [2.75, 3.05) is 5.75 Å². The number of thioether (sulfide) groups is 1. The SMILES string of the molecule is CC(C)C1CCSC(NC(C)C(C)C)=N1. The number of hydrogen-bond donors (Lipinski definition) is 1. The van der Waals surface area contributed by atoms with E-state index in [-0.39, 0.29) is 0 Å². The molecule has 0 spiro atoms. The third-order valence-corrected chi connectivity index (χ3v) is 3.99. The summed E-state index contributed by atoms with van der Waals surface area (Å²) < 4.78 is 0. The Kier molecular flexibility index (Phi) is 4.97. The lowest BCUT2D eigenvalue weighted by Crippen LogP contribution is -2.37. The molecule has 0 aromatic carbocycles. The molecule has 0 radical (unpaired) electrons. The Morgan fingerprint density at radius 3 is 2.47 bits per heavy atom. The lowest BCUT2D eigenvalue weighted by atomic mass is 10.0. The van der Waals surface area contributed by atoms with Gasteiger partial charge in [-0.1, -0.05) is 39.5 Å². The van der Waals surface area contributed by atoms with E-state index >= 15 is 0 Å². The lowest BCUT2D eigenvalue weighted by molar-refractivity contribution is 0.467. The van der Waals surface area contributed by atoms with Crippen LogP contribution in [0.25, 0.3) is 0 Å². The van der Waals surface area contributed by atoms with Crippen LogP contribution in [-0.4, -0.2) is 23.0 Å². The summed E-state index contributed by atoms with van der Waals surface area (Å²) in [7, 11) is 0. The highest BCUT2D eigenvalue weighted by Crippen LogP contribution is 2.22. The monoisotopic (exact) mass is 228 g/mol. The van der Waals surface area contributed by atoms with Gasteiger partial charge in [0.15, 0.2) is 5.17 Å². The Morgan fingerprint density at radius 1 is 1.27 bits per heavy atom. The van der Waals surface area contributed by atoms with Crippen molar-refractivity contribution < 1.29 is 0 Å². The van der Waals surface area contributed by atoms with Gasteiger partial charge in [0.25, 0.3) is 0 Å². The van der Waals surface area contributed by atoms with Crippen LogP contribution in [0, 0.1) is 11.8 Å². The van der Waals surface area contributed by atoms with Crippen molar-refractivity contribution in [2.45, 2.75) is 53.1 Å². The van der Waals surface area contributed by atoms with Crippen LogP contribution in [0.2, 0.25) is 0 Å². The minimum Gasteiger partial charge on any atom is -0.362 e. The van der Waals surface area contributed by atoms with Gasteiger partial charge < -0.3 is 5.32 Å². The van der Waals surface area contributed by atoms with Crippen molar-refractivity contribution >= 4 is 16.9 Å². The molecule has 0 aliphatic carbocycles. The predicted molar refractivity (Wildman–Crippen MR) is 70.6 cm³/mol. The molecule has 0 amide bonds. The molecule has 0 saturated carbocycles. The molecule has 2 atom stereocenters. The minimum absolute atomic E-state index is 0.516. The van der Waals surface area contributed by atoms with Gasteiger partial charge in [-0.3, -0.25) is 4.99 Å². The summed E-state index contributed by atoms with van der Waals surface area (Å²) in [4.78, 5) is 4.77. The maximum Gasteiger partial charge on any atom is 0.157 e. The number of aliphatic imine (C=N–C) groups is 1. The van der Waals surface area contributed by atoms with Gasteiger partial charge in [-0.2, -0.15) is 0 Å². The number of hydrogen-bond acceptors (Lipinski definition) is 3. The predicted octanol–water partition coefficient (Wildman–Crippen LogP) is 3.14. The average Bonchev–Trinajstić information content (AvgIpc) is 2.18. The Labute approximate surface area is 98.3 Å². The summed E-state index contributed by atoms with van der Waals surface area (Å²) in [5.74, 6) is 2.53. The zero-order chi connectivity index (χ0) is 11.4. The summed E-state index contributed by atoms with van der Waals surface area (Å²) in [6.45, 7) is 11.2. The van der Waals surface area contributed by atoms with Crippen LogP contribution >= 0.6 is 11.8 Å². The number of amidine groups is 1. The molecule has 0 bridgehead atoms. The zero-order valence-corrected chi connectivity index (χ0v) is 11.4. The van der Waals surface area contributed by atoms with E-state index in [2.05, 4.69) is 39.9 Å². The van der Waals surface area contributed by atoms with Gasteiger partial charge in [-0.25, -0.2) is 0 Å². The molecule has 2 nitrogen and oxygen atoms in total. The molecule has 0 saturated heterocycles. The van der Waals surface area contributed by atoms with E-state index in [0.29, 0.717) is 23.9 Å². The highest BCUT2D eigenvalue weighted by Gasteiger charge is 2.19. The van der Waals surface area contributed by atoms with Gasteiger partial charge in [-0.15, -0.1) is 0 Å². The first-order valence-corrected chi connectivity index (χ1v) is 6.96. The first-order valence-electron chi connectivity index (χ1n) is 5.97. The average molecular weight is 228 g/mol. The van der Waals surface area contributed by atoms with Crippen molar-refractivity contribution in [3.05, 3.63) is 0 Å². The van der Waals surface area contributed by atoms with Gasteiger partial charge in [0, 0.05) is 11.8 Å². The molecule has 0 aromatic rings. The van der Waals surface area contributed by atoms with Crippen LogP contribution in [0.3, 0.4) is 0 Å². The molecule has 88 valence electrons. The van der Waals surface area contributed by atoms with Crippen LogP contribution < -0.4 is 5.32 Å². The van der Waals surface area contributed by atoms with E-state index in [9.17, 15) is 0 Å². The van der Waals surface area contributed by atoms with Crippen LogP contribution in [0.4, 0.5) is 0 Å². The number of nitrogens with zero attached hydrogens (tertiary/aromatic N) is 1. The Balaban J connectivity index is 2.54. The highest BCUT2D eigenvalue weighted by atomic mass is 32.2. The Morgan fingerprint density at radius 2 is 1.93 bits per heavy atom. The molecule has 15 heavy (non-hydrogen) atoms.